The molecule has 5 rings (SSSR count). The molecular formula is C35H45ClF3N7O6S. The summed E-state index contributed by atoms with van der Waals surface area (Å²) in [6.07, 6.45) is 1.11. The first kappa shape index (κ1) is 40.1. The zero-order valence-electron chi connectivity index (χ0n) is 30.5. The van der Waals surface area contributed by atoms with Crippen LogP contribution in [-0.4, -0.2) is 89.1 Å². The summed E-state index contributed by atoms with van der Waals surface area (Å²) in [6, 6.07) is 7.11. The molecule has 3 aromatic heterocycles. The number of ether oxygens (including phenoxy) is 2. The van der Waals surface area contributed by atoms with E-state index in [1.54, 1.807) is 11.0 Å². The largest absolute Gasteiger partial charge is 0.477 e. The summed E-state index contributed by atoms with van der Waals surface area (Å²) in [5.41, 5.74) is -1.07. The molecule has 0 bridgehead atoms. The van der Waals surface area contributed by atoms with Gasteiger partial charge in [-0.25, -0.2) is 32.6 Å². The van der Waals surface area contributed by atoms with Crippen LogP contribution in [0.15, 0.2) is 47.6 Å². The molecular weight excluding hydrogens is 739 g/mol. The topological polar surface area (TPSA) is 149 Å². The second kappa shape index (κ2) is 15.3. The van der Waals surface area contributed by atoms with Crippen molar-refractivity contribution in [2.45, 2.75) is 88.9 Å². The number of pyridine rings is 2. The number of hydrogen-bond donors (Lipinski definition) is 1. The Bertz CT molecular complexity index is 1900. The minimum absolute atomic E-state index is 0.0725. The van der Waals surface area contributed by atoms with Crippen molar-refractivity contribution in [3.05, 3.63) is 53.4 Å². The van der Waals surface area contributed by atoms with Gasteiger partial charge in [0, 0.05) is 44.1 Å². The molecule has 3 aromatic rings. The summed E-state index contributed by atoms with van der Waals surface area (Å²) in [5.74, 6) is -1.49. The molecule has 2 aliphatic rings. The molecule has 290 valence electrons. The Kier molecular flexibility index (Phi) is 11.6. The van der Waals surface area contributed by atoms with E-state index >= 15 is 0 Å². The van der Waals surface area contributed by atoms with Crippen molar-refractivity contribution >= 4 is 39.4 Å². The van der Waals surface area contributed by atoms with Crippen molar-refractivity contribution < 1.29 is 40.7 Å². The lowest BCUT2D eigenvalue weighted by Crippen LogP contribution is -2.45. The molecule has 2 fully saturated rings. The minimum atomic E-state index is -4.32. The van der Waals surface area contributed by atoms with Crippen LogP contribution < -0.4 is 14.4 Å². The van der Waals surface area contributed by atoms with Gasteiger partial charge >= 0.3 is 12.3 Å². The van der Waals surface area contributed by atoms with Gasteiger partial charge in [0.05, 0.1) is 18.1 Å². The highest BCUT2D eigenvalue weighted by atomic mass is 35.5. The number of nitrogens with zero attached hydrogens (tertiary/aromatic N) is 6. The van der Waals surface area contributed by atoms with E-state index in [0.29, 0.717) is 24.8 Å². The molecule has 1 saturated heterocycles. The van der Waals surface area contributed by atoms with E-state index in [0.717, 1.165) is 19.3 Å². The first-order chi connectivity index (χ1) is 24.6. The molecule has 4 heterocycles. The second-order valence-electron chi connectivity index (χ2n) is 15.2. The second-order valence-corrected chi connectivity index (χ2v) is 17.3. The van der Waals surface area contributed by atoms with Crippen molar-refractivity contribution in [1.29, 1.82) is 0 Å². The van der Waals surface area contributed by atoms with Crippen molar-refractivity contribution in [1.82, 2.24) is 29.4 Å². The van der Waals surface area contributed by atoms with E-state index in [1.807, 2.05) is 51.3 Å². The number of hydrogen-bond acceptors (Lipinski definition) is 10. The number of halogens is 4. The Labute approximate surface area is 312 Å². The number of aromatic nitrogens is 4. The van der Waals surface area contributed by atoms with Crippen LogP contribution in [0.3, 0.4) is 0 Å². The maximum absolute atomic E-state index is 13.1. The van der Waals surface area contributed by atoms with Gasteiger partial charge in [-0.05, 0) is 103 Å². The highest BCUT2D eigenvalue weighted by Gasteiger charge is 2.55. The number of carbonyl (C=O) groups excluding carboxylic acids is 2. The Morgan fingerprint density at radius 1 is 1.11 bits per heavy atom. The highest BCUT2D eigenvalue weighted by molar-refractivity contribution is 7.90. The van der Waals surface area contributed by atoms with Gasteiger partial charge < -0.3 is 19.3 Å². The van der Waals surface area contributed by atoms with Gasteiger partial charge in [0.25, 0.3) is 15.9 Å². The Balaban J connectivity index is 1.09. The van der Waals surface area contributed by atoms with Gasteiger partial charge in [0.2, 0.25) is 5.88 Å². The summed E-state index contributed by atoms with van der Waals surface area (Å²) >= 11 is 6.26. The number of sulfonamides is 1. The molecule has 0 radical (unpaired) electrons. The number of nitrogens with one attached hydrogen (secondary N) is 1. The molecule has 1 aliphatic heterocycles. The zero-order valence-corrected chi connectivity index (χ0v) is 32.1. The third kappa shape index (κ3) is 10.3. The van der Waals surface area contributed by atoms with Crippen LogP contribution in [0.5, 0.6) is 5.88 Å². The van der Waals surface area contributed by atoms with Gasteiger partial charge in [-0.1, -0.05) is 11.6 Å². The first-order valence-electron chi connectivity index (χ1n) is 17.3. The fourth-order valence-corrected chi connectivity index (χ4v) is 7.61. The van der Waals surface area contributed by atoms with Gasteiger partial charge in [0.1, 0.15) is 21.5 Å². The SMILES string of the molecule is CN(CCCC1CN(C(=O)OC(C)(C)C)C(C)(C)C1)c1ccc(S(=O)(=O)NC(=O)c2ccc(-n3ccc(OCCC4CC4C(F)(F)F)n3)nc2Cl)cn1. The summed E-state index contributed by atoms with van der Waals surface area (Å²) in [6.45, 7) is 11.0. The quantitative estimate of drug-likeness (QED) is 0.187. The molecule has 0 spiro atoms. The van der Waals surface area contributed by atoms with Gasteiger partial charge in [-0.2, -0.15) is 13.2 Å². The van der Waals surface area contributed by atoms with Crippen molar-refractivity contribution in [3.63, 3.8) is 0 Å². The number of amides is 2. The van der Waals surface area contributed by atoms with Crippen LogP contribution in [0.2, 0.25) is 5.15 Å². The van der Waals surface area contributed by atoms with Crippen molar-refractivity contribution in [2.24, 2.45) is 17.8 Å². The molecule has 1 saturated carbocycles. The van der Waals surface area contributed by atoms with Gasteiger partial charge in [-0.3, -0.25) is 4.79 Å². The Morgan fingerprint density at radius 3 is 2.47 bits per heavy atom. The molecule has 3 atom stereocenters. The standard InChI is InChI=1S/C35H45ClF3N7O6S/c1-33(2,3)52-32(48)45-21-22(19-34(45,4)5)8-7-15-44(6)27-11-9-24(20-40-27)53(49,50)43-31(47)25-10-12-28(41-30(25)36)46-16-13-29(42-46)51-17-14-23-18-26(23)35(37,38)39/h9-13,16,20,22-23,26H,7-8,14-15,17-19,21H2,1-6H3,(H,43,47). The van der Waals surface area contributed by atoms with E-state index < -0.39 is 39.5 Å². The number of anilines is 1. The Morgan fingerprint density at radius 2 is 1.85 bits per heavy atom. The monoisotopic (exact) mass is 783 g/mol. The molecule has 18 heteroatoms. The van der Waals surface area contributed by atoms with Crippen LogP contribution in [0.4, 0.5) is 23.8 Å². The van der Waals surface area contributed by atoms with E-state index in [-0.39, 0.29) is 58.4 Å². The van der Waals surface area contributed by atoms with Crippen molar-refractivity contribution in [3.8, 4) is 11.7 Å². The lowest BCUT2D eigenvalue weighted by Gasteiger charge is -2.33. The predicted octanol–water partition coefficient (Wildman–Crippen LogP) is 6.65. The number of alkyl halides is 3. The fourth-order valence-electron chi connectivity index (χ4n) is 6.46. The number of likely N-dealkylation sites (tertiary alicyclic amines) is 1. The predicted molar refractivity (Wildman–Crippen MR) is 191 cm³/mol. The maximum Gasteiger partial charge on any atom is 0.410 e. The normalized spacial score (nSPS) is 19.9. The third-order valence-electron chi connectivity index (χ3n) is 9.29. The lowest BCUT2D eigenvalue weighted by atomic mass is 9.93. The number of rotatable bonds is 13. The molecule has 2 amide bonds. The van der Waals surface area contributed by atoms with E-state index in [9.17, 15) is 31.2 Å². The first-order valence-corrected chi connectivity index (χ1v) is 19.2. The summed E-state index contributed by atoms with van der Waals surface area (Å²) in [7, 11) is -2.47. The maximum atomic E-state index is 13.1. The van der Waals surface area contributed by atoms with Crippen LogP contribution in [0.1, 0.15) is 77.1 Å². The average Bonchev–Trinajstić information content (AvgIpc) is 3.57. The highest BCUT2D eigenvalue weighted by Crippen LogP contribution is 2.51. The molecule has 0 aromatic carbocycles. The van der Waals surface area contributed by atoms with Crippen LogP contribution in [0.25, 0.3) is 5.82 Å². The molecule has 3 unspecified atom stereocenters. The van der Waals surface area contributed by atoms with Crippen LogP contribution >= 0.6 is 11.6 Å². The van der Waals surface area contributed by atoms with Gasteiger partial charge in [0.15, 0.2) is 5.82 Å². The summed E-state index contributed by atoms with van der Waals surface area (Å²) in [4.78, 5) is 37.6. The van der Waals surface area contributed by atoms with Gasteiger partial charge in [-0.15, -0.1) is 5.10 Å². The fraction of sp³-hybridized carbons (Fsp3) is 0.571. The third-order valence-corrected chi connectivity index (χ3v) is 10.9. The summed E-state index contributed by atoms with van der Waals surface area (Å²) < 4.78 is 78.7. The summed E-state index contributed by atoms with van der Waals surface area (Å²) in [5, 5.41) is 3.90. The molecule has 1 aliphatic carbocycles. The lowest BCUT2D eigenvalue weighted by molar-refractivity contribution is -0.151. The van der Waals surface area contributed by atoms with Crippen LogP contribution in [0, 0.1) is 17.8 Å². The van der Waals surface area contributed by atoms with E-state index in [1.165, 1.54) is 41.3 Å². The zero-order chi connectivity index (χ0) is 38.9. The average molecular weight is 784 g/mol. The van der Waals surface area contributed by atoms with E-state index in [4.69, 9.17) is 21.1 Å². The van der Waals surface area contributed by atoms with Crippen molar-refractivity contribution in [2.75, 3.05) is 31.6 Å². The molecule has 1 N–H and O–H groups in total. The van der Waals surface area contributed by atoms with Crippen LogP contribution in [-0.2, 0) is 14.8 Å². The molecule has 53 heavy (non-hydrogen) atoms. The van der Waals surface area contributed by atoms with E-state index in [2.05, 4.69) is 15.1 Å². The molecule has 13 nitrogen and oxygen atoms in total. The Hall–Kier alpha value is -4.12. The minimum Gasteiger partial charge on any atom is -0.477 e. The number of carbonyl (C=O) groups is 2. The smallest absolute Gasteiger partial charge is 0.410 e.